The van der Waals surface area contributed by atoms with Crippen LogP contribution in [0.5, 0.6) is 5.75 Å². The number of carbonyl (C=O) groups excluding carboxylic acids is 1. The molecule has 4 atom stereocenters. The Morgan fingerprint density at radius 2 is 2.03 bits per heavy atom. The van der Waals surface area contributed by atoms with Gasteiger partial charge in [0, 0.05) is 6.42 Å². The highest BCUT2D eigenvalue weighted by molar-refractivity contribution is 7.52. The Labute approximate surface area is 212 Å². The Morgan fingerprint density at radius 1 is 1.32 bits per heavy atom. The molecule has 1 aliphatic rings. The largest absolute Gasteiger partial charge is 0.464 e. The number of ether oxygens (including phenoxy) is 2. The van der Waals surface area contributed by atoms with Crippen LogP contribution in [0, 0.1) is 11.7 Å². The predicted octanol–water partition coefficient (Wildman–Crippen LogP) is 3.36. The molecule has 3 N–H and O–H groups in total. The number of rotatable bonds is 13. The molecule has 1 fully saturated rings. The summed E-state index contributed by atoms with van der Waals surface area (Å²) >= 11 is 0. The maximum absolute atomic E-state index is 14.7. The number of hydrogen-bond donors (Lipinski definition) is 2. The first-order chi connectivity index (χ1) is 17.6. The third-order valence-electron chi connectivity index (χ3n) is 5.79. The molecule has 0 aliphatic carbocycles. The van der Waals surface area contributed by atoms with Crippen molar-refractivity contribution in [1.82, 2.24) is 14.6 Å². The van der Waals surface area contributed by atoms with E-state index in [0.717, 1.165) is 12.8 Å². The van der Waals surface area contributed by atoms with Gasteiger partial charge < -0.3 is 19.7 Å². The Kier molecular flexibility index (Phi) is 10.2. The smallest absolute Gasteiger partial charge is 0.459 e. The highest BCUT2D eigenvalue weighted by Gasteiger charge is 2.40. The number of hydrogen-bond acceptors (Lipinski definition) is 9. The highest BCUT2D eigenvalue weighted by Crippen LogP contribution is 2.45. The van der Waals surface area contributed by atoms with Crippen molar-refractivity contribution >= 4 is 19.5 Å². The van der Waals surface area contributed by atoms with Crippen LogP contribution in [0.4, 0.5) is 14.6 Å². The second-order valence-corrected chi connectivity index (χ2v) is 10.2. The van der Waals surface area contributed by atoms with E-state index < -0.39 is 62.7 Å². The molecule has 1 aromatic heterocycles. The highest BCUT2D eigenvalue weighted by atomic mass is 31.2. The number of anilines is 1. The van der Waals surface area contributed by atoms with E-state index >= 15 is 0 Å². The first kappa shape index (κ1) is 28.7. The molecule has 2 heterocycles. The van der Waals surface area contributed by atoms with Crippen molar-refractivity contribution in [3.05, 3.63) is 52.8 Å². The Hall–Kier alpha value is -2.86. The van der Waals surface area contributed by atoms with E-state index in [4.69, 9.17) is 24.3 Å². The van der Waals surface area contributed by atoms with Crippen molar-refractivity contribution in [2.75, 3.05) is 25.5 Å². The van der Waals surface area contributed by atoms with Crippen LogP contribution in [0.25, 0.3) is 0 Å². The minimum Gasteiger partial charge on any atom is -0.464 e. The van der Waals surface area contributed by atoms with E-state index in [-0.39, 0.29) is 24.7 Å². The van der Waals surface area contributed by atoms with Crippen molar-refractivity contribution in [3.8, 4) is 5.75 Å². The standard InChI is InChI=1S/C23H31F2N4O7P/c1-3-15(4-2)13-33-20(30)11-27-37(32,36-16-8-6-5-7-9-16)34-14-17-10-18(24)22(35-17)29-12-19(25)21(26)28-23(29)31/h5-9,12,15,17-18,22H,3-4,10-11,13-14H2,1-2H3,(H,27,32)(H2,26,28,31). The number of nitrogens with two attached hydrogens (primary N) is 1. The molecular formula is C23H31F2N4O7P. The van der Waals surface area contributed by atoms with Crippen molar-refractivity contribution in [2.24, 2.45) is 5.92 Å². The van der Waals surface area contributed by atoms with E-state index in [2.05, 4.69) is 10.1 Å². The van der Waals surface area contributed by atoms with Gasteiger partial charge in [0.05, 0.1) is 25.5 Å². The summed E-state index contributed by atoms with van der Waals surface area (Å²) in [6.07, 6.45) is -2.00. The molecule has 0 radical (unpaired) electrons. The second kappa shape index (κ2) is 13.1. The number of para-hydroxylation sites is 1. The molecule has 1 aromatic carbocycles. The molecule has 0 amide bonds. The van der Waals surface area contributed by atoms with Gasteiger partial charge in [0.15, 0.2) is 17.9 Å². The summed E-state index contributed by atoms with van der Waals surface area (Å²) in [4.78, 5) is 27.5. The molecule has 0 spiro atoms. The van der Waals surface area contributed by atoms with Crippen molar-refractivity contribution in [3.63, 3.8) is 0 Å². The van der Waals surface area contributed by atoms with Crippen LogP contribution < -0.4 is 21.0 Å². The summed E-state index contributed by atoms with van der Waals surface area (Å²) in [5.74, 6) is -1.85. The molecule has 37 heavy (non-hydrogen) atoms. The first-order valence-corrected chi connectivity index (χ1v) is 13.4. The molecule has 11 nitrogen and oxygen atoms in total. The second-order valence-electron chi connectivity index (χ2n) is 8.46. The lowest BCUT2D eigenvalue weighted by Crippen LogP contribution is -2.32. The average Bonchev–Trinajstić information content (AvgIpc) is 3.25. The number of nitrogens with one attached hydrogen (secondary N) is 1. The van der Waals surface area contributed by atoms with Gasteiger partial charge >= 0.3 is 19.4 Å². The quantitative estimate of drug-likeness (QED) is 0.285. The molecule has 4 unspecified atom stereocenters. The van der Waals surface area contributed by atoms with Gasteiger partial charge in [0.1, 0.15) is 18.5 Å². The zero-order valence-electron chi connectivity index (χ0n) is 20.5. The van der Waals surface area contributed by atoms with E-state index in [9.17, 15) is 22.9 Å². The third kappa shape index (κ3) is 8.06. The molecule has 2 aromatic rings. The van der Waals surface area contributed by atoms with Crippen LogP contribution in [0.1, 0.15) is 39.3 Å². The van der Waals surface area contributed by atoms with Crippen LogP contribution >= 0.6 is 7.75 Å². The third-order valence-corrected chi connectivity index (χ3v) is 7.27. The molecule has 204 valence electrons. The number of esters is 1. The fraction of sp³-hybridized carbons (Fsp3) is 0.522. The maximum Gasteiger partial charge on any atom is 0.459 e. The molecule has 0 bridgehead atoms. The zero-order valence-corrected chi connectivity index (χ0v) is 21.4. The predicted molar refractivity (Wildman–Crippen MR) is 130 cm³/mol. The normalized spacial score (nSPS) is 21.1. The number of alkyl halides is 1. The maximum atomic E-state index is 14.7. The number of nitrogens with zero attached hydrogens (tertiary/aromatic N) is 2. The van der Waals surface area contributed by atoms with Crippen LogP contribution in [-0.2, 0) is 23.4 Å². The van der Waals surface area contributed by atoms with Crippen LogP contribution in [0.15, 0.2) is 41.3 Å². The fourth-order valence-corrected chi connectivity index (χ4v) is 4.84. The summed E-state index contributed by atoms with van der Waals surface area (Å²) in [7, 11) is -4.15. The molecule has 0 saturated carbocycles. The zero-order chi connectivity index (χ0) is 27.0. The van der Waals surface area contributed by atoms with Crippen LogP contribution in [0.3, 0.4) is 0 Å². The topological polar surface area (TPSA) is 144 Å². The van der Waals surface area contributed by atoms with Gasteiger partial charge in [-0.05, 0) is 18.1 Å². The average molecular weight is 544 g/mol. The SMILES string of the molecule is CCC(CC)COC(=O)CNP(=O)(OCC1CC(F)C(n2cc(F)c(N)nc2=O)O1)Oc1ccccc1. The monoisotopic (exact) mass is 544 g/mol. The van der Waals surface area contributed by atoms with Crippen molar-refractivity contribution in [2.45, 2.75) is 51.6 Å². The lowest BCUT2D eigenvalue weighted by Gasteiger charge is -2.22. The Balaban J connectivity index is 1.64. The van der Waals surface area contributed by atoms with Crippen LogP contribution in [0.2, 0.25) is 0 Å². The van der Waals surface area contributed by atoms with Gasteiger partial charge in [-0.2, -0.15) is 4.98 Å². The number of benzene rings is 1. The first-order valence-electron chi connectivity index (χ1n) is 11.9. The Morgan fingerprint density at radius 3 is 2.70 bits per heavy atom. The fourth-order valence-electron chi connectivity index (χ4n) is 3.55. The summed E-state index contributed by atoms with van der Waals surface area (Å²) in [5.41, 5.74) is 4.28. The minimum atomic E-state index is -4.15. The number of aromatic nitrogens is 2. The summed E-state index contributed by atoms with van der Waals surface area (Å²) in [6.45, 7) is 3.33. The van der Waals surface area contributed by atoms with Gasteiger partial charge in [0.2, 0.25) is 0 Å². The van der Waals surface area contributed by atoms with Gasteiger partial charge in [-0.1, -0.05) is 44.9 Å². The molecule has 1 saturated heterocycles. The summed E-state index contributed by atoms with van der Waals surface area (Å²) < 4.78 is 64.2. The van der Waals surface area contributed by atoms with E-state index in [1.165, 1.54) is 12.1 Å². The van der Waals surface area contributed by atoms with Crippen molar-refractivity contribution in [1.29, 1.82) is 0 Å². The van der Waals surface area contributed by atoms with Gasteiger partial charge in [0.25, 0.3) is 0 Å². The van der Waals surface area contributed by atoms with Gasteiger partial charge in [-0.15, -0.1) is 0 Å². The van der Waals surface area contributed by atoms with Gasteiger partial charge in [-0.25, -0.2) is 23.2 Å². The van der Waals surface area contributed by atoms with Crippen LogP contribution in [-0.4, -0.2) is 47.6 Å². The number of carbonyl (C=O) groups is 1. The minimum absolute atomic E-state index is 0.201. The van der Waals surface area contributed by atoms with E-state index in [1.54, 1.807) is 18.2 Å². The number of halogens is 2. The summed E-state index contributed by atoms with van der Waals surface area (Å²) in [6, 6.07) is 8.11. The summed E-state index contributed by atoms with van der Waals surface area (Å²) in [5, 5.41) is 2.46. The molecule has 3 rings (SSSR count). The molecule has 14 heteroatoms. The van der Waals surface area contributed by atoms with Crippen molar-refractivity contribution < 1.29 is 36.7 Å². The molecule has 1 aliphatic heterocycles. The molecular weight excluding hydrogens is 513 g/mol. The van der Waals surface area contributed by atoms with E-state index in [0.29, 0.717) is 10.8 Å². The Bertz CT molecular complexity index is 1150. The van der Waals surface area contributed by atoms with E-state index in [1.807, 2.05) is 13.8 Å². The lowest BCUT2D eigenvalue weighted by atomic mass is 10.1. The number of nitrogen functional groups attached to an aromatic ring is 1. The lowest BCUT2D eigenvalue weighted by molar-refractivity contribution is -0.143. The van der Waals surface area contributed by atoms with Gasteiger partial charge in [-0.3, -0.25) is 13.9 Å².